The number of halogens is 3. The number of hydrogen-bond donors (Lipinski definition) is 0. The van der Waals surface area contributed by atoms with Crippen molar-refractivity contribution in [3.63, 3.8) is 0 Å². The van der Waals surface area contributed by atoms with E-state index in [1.165, 1.54) is 25.7 Å². The minimum absolute atomic E-state index is 0.750. The normalized spacial score (nSPS) is 14.3. The highest BCUT2D eigenvalue weighted by atomic mass is 35.6. The summed E-state index contributed by atoms with van der Waals surface area (Å²) in [5, 5.41) is 0. The minimum atomic E-state index is -0.750. The number of benzene rings is 1. The van der Waals surface area contributed by atoms with Crippen LogP contribution in [0.4, 0.5) is 0 Å². The molecule has 0 bridgehead atoms. The Labute approximate surface area is 100 Å². The molecule has 1 aromatic carbocycles. The van der Waals surface area contributed by atoms with E-state index in [1.54, 1.807) is 11.1 Å². The van der Waals surface area contributed by atoms with Gasteiger partial charge < -0.3 is 0 Å². The monoisotopic (exact) mass is 250 g/mol. The molecular formula is C11H13Cl3. The van der Waals surface area contributed by atoms with Crippen LogP contribution in [0.25, 0.3) is 0 Å². The Bertz CT molecular complexity index is 243. The van der Waals surface area contributed by atoms with Crippen molar-refractivity contribution in [2.45, 2.75) is 30.0 Å². The number of aryl methyl sites for hydroxylation is 2. The van der Waals surface area contributed by atoms with Crippen LogP contribution in [0.15, 0.2) is 24.3 Å². The summed E-state index contributed by atoms with van der Waals surface area (Å²) in [6.07, 6.45) is 5.38. The molecule has 0 heterocycles. The number of rotatable bonds is 0. The fourth-order valence-corrected chi connectivity index (χ4v) is 1.68. The Morgan fingerprint density at radius 1 is 0.857 bits per heavy atom. The molecule has 0 aromatic heterocycles. The van der Waals surface area contributed by atoms with E-state index in [0.717, 1.165) is 0 Å². The molecule has 1 aliphatic carbocycles. The van der Waals surface area contributed by atoms with Gasteiger partial charge in [-0.1, -0.05) is 59.1 Å². The summed E-state index contributed by atoms with van der Waals surface area (Å²) in [4.78, 5) is 0. The molecule has 0 amide bonds. The molecule has 0 spiro atoms. The average molecular weight is 252 g/mol. The van der Waals surface area contributed by atoms with Gasteiger partial charge in [0.25, 0.3) is 0 Å². The van der Waals surface area contributed by atoms with Gasteiger partial charge in [-0.05, 0) is 36.8 Å². The minimum Gasteiger partial charge on any atom is -0.0874 e. The quantitative estimate of drug-likeness (QED) is 0.593. The molecule has 0 fully saturated rings. The van der Waals surface area contributed by atoms with Crippen molar-refractivity contribution in [1.29, 1.82) is 0 Å². The molecule has 14 heavy (non-hydrogen) atoms. The Balaban J connectivity index is 0.000000213. The van der Waals surface area contributed by atoms with E-state index in [0.29, 0.717) is 0 Å². The first-order chi connectivity index (χ1) is 6.70. The Kier molecular flexibility index (Phi) is 5.69. The van der Waals surface area contributed by atoms with Crippen molar-refractivity contribution in [2.75, 3.05) is 0 Å². The van der Waals surface area contributed by atoms with Gasteiger partial charge in [-0.15, -0.1) is 0 Å². The fourth-order valence-electron chi connectivity index (χ4n) is 1.68. The van der Waals surface area contributed by atoms with E-state index >= 15 is 0 Å². The van der Waals surface area contributed by atoms with Crippen LogP contribution >= 0.6 is 34.8 Å². The van der Waals surface area contributed by atoms with E-state index in [4.69, 9.17) is 34.8 Å². The first-order valence-electron chi connectivity index (χ1n) is 4.69. The molecule has 0 saturated carbocycles. The average Bonchev–Trinajstić information content (AvgIpc) is 2.17. The van der Waals surface area contributed by atoms with Gasteiger partial charge >= 0.3 is 0 Å². The Morgan fingerprint density at radius 3 is 1.57 bits per heavy atom. The van der Waals surface area contributed by atoms with Crippen molar-refractivity contribution in [2.24, 2.45) is 0 Å². The van der Waals surface area contributed by atoms with Crippen LogP contribution in [0.2, 0.25) is 0 Å². The number of alkyl halides is 3. The zero-order valence-corrected chi connectivity index (χ0v) is 10.1. The Hall–Kier alpha value is 0.0900. The van der Waals surface area contributed by atoms with Crippen molar-refractivity contribution >= 4 is 34.8 Å². The second-order valence-electron chi connectivity index (χ2n) is 3.22. The van der Waals surface area contributed by atoms with Gasteiger partial charge in [-0.25, -0.2) is 0 Å². The Morgan fingerprint density at radius 2 is 1.21 bits per heavy atom. The summed E-state index contributed by atoms with van der Waals surface area (Å²) in [5.74, 6) is 0. The number of fused-ring (bicyclic) bond motifs is 1. The maximum atomic E-state index is 4.81. The maximum Gasteiger partial charge on any atom is 0.180 e. The molecule has 0 nitrogen and oxygen atoms in total. The van der Waals surface area contributed by atoms with Crippen LogP contribution in [0, 0.1) is 0 Å². The highest BCUT2D eigenvalue weighted by Crippen LogP contribution is 2.19. The first-order valence-corrected chi connectivity index (χ1v) is 6.00. The van der Waals surface area contributed by atoms with E-state index in [9.17, 15) is 0 Å². The summed E-state index contributed by atoms with van der Waals surface area (Å²) in [6, 6.07) is 8.80. The van der Waals surface area contributed by atoms with E-state index in [2.05, 4.69) is 24.3 Å². The summed E-state index contributed by atoms with van der Waals surface area (Å²) >= 11 is 14.4. The summed E-state index contributed by atoms with van der Waals surface area (Å²) < 4.78 is -0.750. The summed E-state index contributed by atoms with van der Waals surface area (Å²) in [6.45, 7) is 0. The molecule has 0 unspecified atom stereocenters. The van der Waals surface area contributed by atoms with Gasteiger partial charge in [-0.2, -0.15) is 0 Å². The first kappa shape index (κ1) is 12.2. The van der Waals surface area contributed by atoms with Crippen LogP contribution in [0.1, 0.15) is 24.0 Å². The third-order valence-electron chi connectivity index (χ3n) is 2.26. The molecule has 1 aliphatic rings. The van der Waals surface area contributed by atoms with Crippen LogP contribution < -0.4 is 0 Å². The van der Waals surface area contributed by atoms with Gasteiger partial charge in [-0.3, -0.25) is 0 Å². The van der Waals surface area contributed by atoms with E-state index < -0.39 is 4.30 Å². The largest absolute Gasteiger partial charge is 0.180 e. The second-order valence-corrected chi connectivity index (χ2v) is 5.20. The lowest BCUT2D eigenvalue weighted by Crippen LogP contribution is -2.00. The highest BCUT2D eigenvalue weighted by Gasteiger charge is 2.05. The summed E-state index contributed by atoms with van der Waals surface area (Å²) in [7, 11) is 0. The van der Waals surface area contributed by atoms with Crippen molar-refractivity contribution in [1.82, 2.24) is 0 Å². The molecule has 0 saturated heterocycles. The zero-order chi connectivity index (χ0) is 10.4. The zero-order valence-electron chi connectivity index (χ0n) is 7.85. The molecule has 3 heteroatoms. The lowest BCUT2D eigenvalue weighted by molar-refractivity contribution is 0.685. The smallest absolute Gasteiger partial charge is 0.0874 e. The standard InChI is InChI=1S/C10H12.CHCl3/c1-2-6-10-8-4-3-7-9(10)5-1;2-1(3)4/h1-2,5-6H,3-4,7-8H2;1H. The van der Waals surface area contributed by atoms with Gasteiger partial charge in [0.15, 0.2) is 4.30 Å². The van der Waals surface area contributed by atoms with Gasteiger partial charge in [0.2, 0.25) is 0 Å². The molecule has 0 N–H and O–H groups in total. The SMILES string of the molecule is ClC(Cl)Cl.c1ccc2c(c1)CCCC2. The molecule has 0 aliphatic heterocycles. The van der Waals surface area contributed by atoms with Crippen LogP contribution in [-0.4, -0.2) is 4.30 Å². The van der Waals surface area contributed by atoms with Crippen LogP contribution in [-0.2, 0) is 12.8 Å². The van der Waals surface area contributed by atoms with Crippen molar-refractivity contribution in [3.05, 3.63) is 35.4 Å². The fraction of sp³-hybridized carbons (Fsp3) is 0.455. The molecule has 2 rings (SSSR count). The van der Waals surface area contributed by atoms with Crippen LogP contribution in [0.5, 0.6) is 0 Å². The van der Waals surface area contributed by atoms with Crippen molar-refractivity contribution < 1.29 is 0 Å². The molecule has 1 aromatic rings. The lowest BCUT2D eigenvalue weighted by atomic mass is 9.92. The molecular weight excluding hydrogens is 238 g/mol. The predicted molar refractivity (Wildman–Crippen MR) is 64.4 cm³/mol. The van der Waals surface area contributed by atoms with E-state index in [1.807, 2.05) is 0 Å². The van der Waals surface area contributed by atoms with Crippen LogP contribution in [0.3, 0.4) is 0 Å². The molecule has 0 atom stereocenters. The van der Waals surface area contributed by atoms with Gasteiger partial charge in [0.1, 0.15) is 0 Å². The van der Waals surface area contributed by atoms with Gasteiger partial charge in [0, 0.05) is 0 Å². The van der Waals surface area contributed by atoms with Gasteiger partial charge in [0.05, 0.1) is 0 Å². The lowest BCUT2D eigenvalue weighted by Gasteiger charge is -2.13. The predicted octanol–water partition coefficient (Wildman–Crippen LogP) is 4.55. The number of hydrogen-bond acceptors (Lipinski definition) is 0. The topological polar surface area (TPSA) is 0 Å². The maximum absolute atomic E-state index is 4.81. The van der Waals surface area contributed by atoms with E-state index in [-0.39, 0.29) is 0 Å². The highest BCUT2D eigenvalue weighted by molar-refractivity contribution is 6.63. The van der Waals surface area contributed by atoms with Crippen molar-refractivity contribution in [3.8, 4) is 0 Å². The second kappa shape index (κ2) is 6.55. The third kappa shape index (κ3) is 4.54. The third-order valence-corrected chi connectivity index (χ3v) is 2.26. The summed E-state index contributed by atoms with van der Waals surface area (Å²) in [5.41, 5.74) is 3.16. The molecule has 78 valence electrons. The molecule has 0 radical (unpaired) electrons.